The fraction of sp³-hybridized carbons (Fsp3) is 0. The van der Waals surface area contributed by atoms with Crippen molar-refractivity contribution in [1.82, 2.24) is 39.9 Å². The van der Waals surface area contributed by atoms with Gasteiger partial charge < -0.3 is 17.7 Å². The normalized spacial score (nSPS) is 11.4. The predicted octanol–water partition coefficient (Wildman–Crippen LogP) is 35.8. The second-order valence-corrected chi connectivity index (χ2v) is 36.1. The van der Waals surface area contributed by atoms with Gasteiger partial charge in [-0.15, -0.1) is 0 Å². The second kappa shape index (κ2) is 37.7. The number of nitrogens with zero attached hydrogens (tertiary/aromatic N) is 8. The molecular formula is C134H84N8O4. The highest BCUT2D eigenvalue weighted by atomic mass is 16.3. The molecule has 20 aromatic carbocycles. The van der Waals surface area contributed by atoms with E-state index in [1.165, 1.54) is 0 Å². The van der Waals surface area contributed by atoms with Gasteiger partial charge in [-0.3, -0.25) is 4.98 Å². The molecule has 0 saturated carbocycles. The summed E-state index contributed by atoms with van der Waals surface area (Å²) >= 11 is 0. The number of fused-ring (bicyclic) bond motifs is 16. The molecule has 0 saturated heterocycles. The third kappa shape index (κ3) is 16.5. The molecule has 0 aliphatic carbocycles. The molecule has 0 unspecified atom stereocenters. The van der Waals surface area contributed by atoms with Crippen LogP contribution in [-0.4, -0.2) is 39.9 Å². The molecule has 0 aliphatic heterocycles. The number of furan rings is 4. The van der Waals surface area contributed by atoms with Gasteiger partial charge in [0, 0.05) is 127 Å². The number of benzene rings is 20. The number of rotatable bonds is 13. The first-order valence-electron chi connectivity index (χ1n) is 48.8. The van der Waals surface area contributed by atoms with Crippen LogP contribution in [0, 0.1) is 0 Å². The fourth-order valence-electron chi connectivity index (χ4n) is 20.1. The van der Waals surface area contributed by atoms with Crippen LogP contribution in [0.4, 0.5) is 0 Å². The zero-order valence-corrected chi connectivity index (χ0v) is 78.7. The Kier molecular flexibility index (Phi) is 22.4. The lowest BCUT2D eigenvalue weighted by atomic mass is 9.98. The Morgan fingerprint density at radius 3 is 0.842 bits per heavy atom. The summed E-state index contributed by atoms with van der Waals surface area (Å²) in [5.74, 6) is 0.719. The van der Waals surface area contributed by atoms with E-state index in [1.54, 1.807) is 0 Å². The molecule has 29 aromatic rings. The largest absolute Gasteiger partial charge is 0.455 e. The molecule has 146 heavy (non-hydrogen) atoms. The third-order valence-corrected chi connectivity index (χ3v) is 27.2. The molecule has 12 heteroatoms. The lowest BCUT2D eigenvalue weighted by molar-refractivity contribution is 0.669. The SMILES string of the molecule is c1ccc(-c2nc(-c3ccc(-c4cccc5c4oc4ccccc45)cc3)cc3ncccc23)cc1.c1ccc(-c2nc(-c3ccccc3)c3ccc(-c4cccc5c4oc4ccccc45)cc3n2)cc1.c1ccc(-c2nc3ccc(-c4ccc(-c5cccc6c5oc5ccccc56)cc4)cc3nc2-c2ccccc2)cc1.c1ccc(-c2nc3ccccc3nc2-c2ccc(-c3cccc4c3oc3ccccc34)cc2)cc1. The van der Waals surface area contributed by atoms with Crippen LogP contribution in [0.25, 0.3) is 277 Å². The fourth-order valence-corrected chi connectivity index (χ4v) is 20.1. The molecule has 684 valence electrons. The summed E-state index contributed by atoms with van der Waals surface area (Å²) in [5, 5.41) is 11.2. The van der Waals surface area contributed by atoms with Crippen LogP contribution >= 0.6 is 0 Å². The number of pyridine rings is 2. The van der Waals surface area contributed by atoms with Gasteiger partial charge in [0.2, 0.25) is 0 Å². The molecule has 0 aliphatic rings. The highest BCUT2D eigenvalue weighted by Gasteiger charge is 2.23. The Balaban J connectivity index is 0.0000000991. The van der Waals surface area contributed by atoms with Crippen molar-refractivity contribution in [2.24, 2.45) is 0 Å². The molecular weight excluding hydrogens is 1790 g/mol. The van der Waals surface area contributed by atoms with E-state index < -0.39 is 0 Å². The topological polar surface area (TPSA) is 156 Å². The zero-order chi connectivity index (χ0) is 96.7. The van der Waals surface area contributed by atoms with E-state index in [0.717, 1.165) is 277 Å². The number of hydrogen-bond donors (Lipinski definition) is 0. The van der Waals surface area contributed by atoms with Gasteiger partial charge >= 0.3 is 0 Å². The van der Waals surface area contributed by atoms with Crippen LogP contribution in [0.15, 0.2) is 527 Å². The highest BCUT2D eigenvalue weighted by molar-refractivity contribution is 6.14. The molecule has 0 atom stereocenters. The summed E-state index contributed by atoms with van der Waals surface area (Å²) < 4.78 is 25.1. The molecule has 0 bridgehead atoms. The summed E-state index contributed by atoms with van der Waals surface area (Å²) in [6, 6.07) is 172. The average molecular weight is 1870 g/mol. The Morgan fingerprint density at radius 2 is 0.425 bits per heavy atom. The molecule has 0 spiro atoms. The lowest BCUT2D eigenvalue weighted by Gasteiger charge is -2.12. The van der Waals surface area contributed by atoms with Crippen molar-refractivity contribution in [2.45, 2.75) is 0 Å². The van der Waals surface area contributed by atoms with E-state index >= 15 is 0 Å². The van der Waals surface area contributed by atoms with Crippen molar-refractivity contribution >= 4 is 132 Å². The minimum Gasteiger partial charge on any atom is -0.455 e. The van der Waals surface area contributed by atoms with Gasteiger partial charge in [-0.25, -0.2) is 34.9 Å². The maximum Gasteiger partial charge on any atom is 0.160 e. The number of hydrogen-bond acceptors (Lipinski definition) is 12. The van der Waals surface area contributed by atoms with Crippen molar-refractivity contribution in [3.05, 3.63) is 510 Å². The maximum absolute atomic E-state index is 6.30. The molecule has 9 heterocycles. The van der Waals surface area contributed by atoms with E-state index in [1.807, 2.05) is 212 Å². The van der Waals surface area contributed by atoms with Crippen molar-refractivity contribution in [2.75, 3.05) is 0 Å². The number of aromatic nitrogens is 8. The Morgan fingerprint density at radius 1 is 0.137 bits per heavy atom. The van der Waals surface area contributed by atoms with E-state index in [4.69, 9.17) is 52.6 Å². The molecule has 9 aromatic heterocycles. The van der Waals surface area contributed by atoms with Gasteiger partial charge in [0.15, 0.2) is 5.82 Å². The molecule has 29 rings (SSSR count). The van der Waals surface area contributed by atoms with E-state index in [9.17, 15) is 0 Å². The smallest absolute Gasteiger partial charge is 0.160 e. The quantitative estimate of drug-likeness (QED) is 0.108. The van der Waals surface area contributed by atoms with Crippen molar-refractivity contribution in [3.63, 3.8) is 0 Å². The minimum atomic E-state index is 0.719. The van der Waals surface area contributed by atoms with Crippen molar-refractivity contribution in [1.29, 1.82) is 0 Å². The van der Waals surface area contributed by atoms with Gasteiger partial charge in [0.25, 0.3) is 0 Å². The highest BCUT2D eigenvalue weighted by Crippen LogP contribution is 2.45. The van der Waals surface area contributed by atoms with E-state index in [0.29, 0.717) is 0 Å². The summed E-state index contributed by atoms with van der Waals surface area (Å²) in [7, 11) is 0. The van der Waals surface area contributed by atoms with Gasteiger partial charge in [0.1, 0.15) is 44.7 Å². The molecule has 0 radical (unpaired) electrons. The van der Waals surface area contributed by atoms with Crippen LogP contribution in [0.3, 0.4) is 0 Å². The molecule has 0 N–H and O–H groups in total. The average Bonchev–Trinajstić information content (AvgIpc) is 1.72. The van der Waals surface area contributed by atoms with Crippen LogP contribution in [0.1, 0.15) is 0 Å². The van der Waals surface area contributed by atoms with Gasteiger partial charge in [0.05, 0.1) is 73.0 Å². The van der Waals surface area contributed by atoms with Gasteiger partial charge in [-0.05, 0) is 112 Å². The van der Waals surface area contributed by atoms with Crippen LogP contribution < -0.4 is 0 Å². The first-order valence-corrected chi connectivity index (χ1v) is 48.8. The summed E-state index contributed by atoms with van der Waals surface area (Å²) in [4.78, 5) is 39.9. The van der Waals surface area contributed by atoms with Gasteiger partial charge in [-0.1, -0.05) is 425 Å². The van der Waals surface area contributed by atoms with Crippen molar-refractivity contribution < 1.29 is 17.7 Å². The zero-order valence-electron chi connectivity index (χ0n) is 78.7. The Labute approximate surface area is 838 Å². The second-order valence-electron chi connectivity index (χ2n) is 36.1. The first-order chi connectivity index (χ1) is 72.4. The van der Waals surface area contributed by atoms with Gasteiger partial charge in [-0.2, -0.15) is 0 Å². The Hall–Kier alpha value is -19.8. The third-order valence-electron chi connectivity index (χ3n) is 27.2. The van der Waals surface area contributed by atoms with Crippen LogP contribution in [0.5, 0.6) is 0 Å². The summed E-state index contributed by atoms with van der Waals surface area (Å²) in [6.07, 6.45) is 1.83. The monoisotopic (exact) mass is 1870 g/mol. The molecule has 12 nitrogen and oxygen atoms in total. The summed E-state index contributed by atoms with van der Waals surface area (Å²) in [6.45, 7) is 0. The maximum atomic E-state index is 6.30. The molecule has 0 amide bonds. The van der Waals surface area contributed by atoms with Crippen molar-refractivity contribution in [3.8, 4) is 146 Å². The number of para-hydroxylation sites is 10. The molecule has 0 fully saturated rings. The van der Waals surface area contributed by atoms with E-state index in [-0.39, 0.29) is 0 Å². The Bertz CT molecular complexity index is 9980. The standard InChI is InChI=1S/C38H24N2O.3C32H20N2O/c1-3-10-27(11-4-1)36-37(28-12-5-2-6-13-28)40-34-24-29(22-23-33(34)39-36)25-18-20-26(21-19-25)30-15-9-16-32-31-14-7-8-17-35(31)41-38(30)32;1-3-10-21(11-4-1)30-27-19-18-23(20-28(27)33-32(34-30)22-12-5-2-6-13-22)24-15-9-16-26-25-14-7-8-17-29(25)35-31(24)26;1-2-9-22(10-3-1)30-31(34-28-15-6-5-14-27(28)33-30)23-19-17-21(18-20-23)24-12-8-13-26-25-11-4-7-16-29(25)35-32(24)26;1-2-8-23(9-3-1)31-27-13-7-19-33-29(27)20-28(34-31)22-17-15-21(16-18-22)24-11-6-12-26-25-10-4-5-14-30(25)35-32(24)26/h1-24H;3*1-20H. The minimum absolute atomic E-state index is 0.719. The summed E-state index contributed by atoms with van der Waals surface area (Å²) in [5.41, 5.74) is 38.3. The predicted molar refractivity (Wildman–Crippen MR) is 598 cm³/mol. The first kappa shape index (κ1) is 86.5. The lowest BCUT2D eigenvalue weighted by Crippen LogP contribution is -1.95. The van der Waals surface area contributed by atoms with E-state index in [2.05, 4.69) is 302 Å². The van der Waals surface area contributed by atoms with Crippen LogP contribution in [-0.2, 0) is 0 Å². The van der Waals surface area contributed by atoms with Crippen LogP contribution in [0.2, 0.25) is 0 Å².